The number of guanidine groups is 1. The lowest BCUT2D eigenvalue weighted by molar-refractivity contribution is 0.258. The molecule has 130 valence electrons. The third-order valence-corrected chi connectivity index (χ3v) is 5.70. The van der Waals surface area contributed by atoms with Crippen molar-refractivity contribution in [1.82, 2.24) is 15.5 Å². The molecule has 0 amide bonds. The van der Waals surface area contributed by atoms with E-state index in [0.717, 1.165) is 31.4 Å². The first-order valence-corrected chi connectivity index (χ1v) is 9.38. The zero-order chi connectivity index (χ0) is 16.7. The highest BCUT2D eigenvalue weighted by molar-refractivity contribution is 8.00. The van der Waals surface area contributed by atoms with E-state index < -0.39 is 0 Å². The predicted molar refractivity (Wildman–Crippen MR) is 99.2 cm³/mol. The Bertz CT molecular complexity index is 481. The first-order chi connectivity index (χ1) is 11.0. The third kappa shape index (κ3) is 5.46. The first kappa shape index (κ1) is 18.2. The topological polar surface area (TPSA) is 52.8 Å². The van der Waals surface area contributed by atoms with Gasteiger partial charge < -0.3 is 15.1 Å². The van der Waals surface area contributed by atoms with Crippen molar-refractivity contribution in [3.05, 3.63) is 24.2 Å². The molecule has 0 radical (unpaired) electrons. The molecule has 0 aliphatic carbocycles. The third-order valence-electron chi connectivity index (χ3n) is 4.17. The molecule has 6 heteroatoms. The lowest BCUT2D eigenvalue weighted by Crippen LogP contribution is -2.42. The number of nitrogens with one attached hydrogen (secondary N) is 2. The molecule has 1 fully saturated rings. The molecule has 23 heavy (non-hydrogen) atoms. The Morgan fingerprint density at radius 1 is 1.48 bits per heavy atom. The molecule has 2 unspecified atom stereocenters. The maximum absolute atomic E-state index is 5.56. The van der Waals surface area contributed by atoms with Crippen molar-refractivity contribution >= 4 is 17.7 Å². The molecule has 0 bridgehead atoms. The molecule has 2 N–H and O–H groups in total. The summed E-state index contributed by atoms with van der Waals surface area (Å²) in [6, 6.07) is 4.14. The second-order valence-electron chi connectivity index (χ2n) is 6.47. The molecule has 0 saturated carbocycles. The van der Waals surface area contributed by atoms with E-state index in [1.54, 1.807) is 6.26 Å². The Morgan fingerprint density at radius 3 is 2.87 bits per heavy atom. The van der Waals surface area contributed by atoms with E-state index >= 15 is 0 Å². The van der Waals surface area contributed by atoms with Crippen molar-refractivity contribution in [2.75, 3.05) is 39.5 Å². The van der Waals surface area contributed by atoms with Crippen LogP contribution in [0.25, 0.3) is 0 Å². The summed E-state index contributed by atoms with van der Waals surface area (Å²) in [5, 5.41) is 6.80. The van der Waals surface area contributed by atoms with Crippen molar-refractivity contribution in [1.29, 1.82) is 0 Å². The summed E-state index contributed by atoms with van der Waals surface area (Å²) in [6.07, 6.45) is 4.29. The second kappa shape index (κ2) is 8.64. The second-order valence-corrected chi connectivity index (χ2v) is 8.16. The number of hydrogen-bond donors (Lipinski definition) is 2. The summed E-state index contributed by atoms with van der Waals surface area (Å²) in [7, 11) is 4.13. The van der Waals surface area contributed by atoms with Gasteiger partial charge in [0.25, 0.3) is 0 Å². The van der Waals surface area contributed by atoms with Crippen LogP contribution in [-0.4, -0.2) is 55.1 Å². The molecule has 2 atom stereocenters. The molecule has 1 aliphatic heterocycles. The molecular weight excluding hydrogens is 308 g/mol. The van der Waals surface area contributed by atoms with Gasteiger partial charge in [-0.25, -0.2) is 0 Å². The van der Waals surface area contributed by atoms with Crippen LogP contribution >= 0.6 is 11.8 Å². The number of thioether (sulfide) groups is 1. The van der Waals surface area contributed by atoms with Gasteiger partial charge in [0.05, 0.1) is 18.8 Å². The summed E-state index contributed by atoms with van der Waals surface area (Å²) in [5.74, 6) is 3.12. The number of rotatable bonds is 7. The normalized spacial score (nSPS) is 23.3. The number of aliphatic imine (C=N–C) groups is 1. The fourth-order valence-electron chi connectivity index (χ4n) is 2.76. The summed E-state index contributed by atoms with van der Waals surface area (Å²) in [4.78, 5) is 6.96. The zero-order valence-corrected chi connectivity index (χ0v) is 15.6. The average Bonchev–Trinajstić information content (AvgIpc) is 3.17. The van der Waals surface area contributed by atoms with Gasteiger partial charge in [0.2, 0.25) is 0 Å². The molecule has 2 rings (SSSR count). The average molecular weight is 339 g/mol. The Hall–Kier alpha value is -1.14. The van der Waals surface area contributed by atoms with Crippen LogP contribution in [-0.2, 0) is 0 Å². The van der Waals surface area contributed by atoms with Gasteiger partial charge in [0.15, 0.2) is 5.96 Å². The van der Waals surface area contributed by atoms with Crippen LogP contribution in [0.4, 0.5) is 0 Å². The first-order valence-electron chi connectivity index (χ1n) is 8.40. The Morgan fingerprint density at radius 2 is 2.30 bits per heavy atom. The minimum Gasteiger partial charge on any atom is -0.468 e. The number of likely N-dealkylation sites (N-methyl/N-ethyl adjacent to an activating group) is 1. The fraction of sp³-hybridized carbons (Fsp3) is 0.706. The van der Waals surface area contributed by atoms with Gasteiger partial charge in [0, 0.05) is 17.8 Å². The van der Waals surface area contributed by atoms with Gasteiger partial charge in [-0.3, -0.25) is 9.89 Å². The van der Waals surface area contributed by atoms with Gasteiger partial charge in [-0.1, -0.05) is 0 Å². The fourth-order valence-corrected chi connectivity index (χ4v) is 3.99. The van der Waals surface area contributed by atoms with Crippen molar-refractivity contribution < 1.29 is 4.42 Å². The lowest BCUT2D eigenvalue weighted by atomic mass is 10.1. The van der Waals surface area contributed by atoms with Crippen LogP contribution in [0.5, 0.6) is 0 Å². The highest BCUT2D eigenvalue weighted by Gasteiger charge is 2.29. The Kier molecular flexibility index (Phi) is 6.84. The van der Waals surface area contributed by atoms with Gasteiger partial charge in [-0.15, -0.1) is 0 Å². The SMILES string of the molecule is CCNC(=NCC1(C)CCCS1)NCC(c1ccco1)N(C)C. The van der Waals surface area contributed by atoms with E-state index in [1.807, 2.05) is 23.9 Å². The van der Waals surface area contributed by atoms with E-state index in [1.165, 1.54) is 18.6 Å². The van der Waals surface area contributed by atoms with Crippen LogP contribution in [0, 0.1) is 0 Å². The summed E-state index contributed by atoms with van der Waals surface area (Å²) >= 11 is 2.05. The number of hydrogen-bond acceptors (Lipinski definition) is 4. The van der Waals surface area contributed by atoms with Crippen LogP contribution in [0.1, 0.15) is 38.5 Å². The van der Waals surface area contributed by atoms with Gasteiger partial charge in [0.1, 0.15) is 5.76 Å². The number of nitrogens with zero attached hydrogens (tertiary/aromatic N) is 2. The van der Waals surface area contributed by atoms with Gasteiger partial charge in [-0.2, -0.15) is 11.8 Å². The molecule has 1 saturated heterocycles. The summed E-state index contributed by atoms with van der Waals surface area (Å²) < 4.78 is 5.86. The van der Waals surface area contributed by atoms with E-state index in [9.17, 15) is 0 Å². The van der Waals surface area contributed by atoms with E-state index in [2.05, 4.69) is 43.5 Å². The van der Waals surface area contributed by atoms with Crippen molar-refractivity contribution in [3.8, 4) is 0 Å². The largest absolute Gasteiger partial charge is 0.468 e. The molecule has 1 aromatic rings. The lowest BCUT2D eigenvalue weighted by Gasteiger charge is -2.25. The Balaban J connectivity index is 1.95. The molecule has 2 heterocycles. The van der Waals surface area contributed by atoms with Gasteiger partial charge in [-0.05, 0) is 58.7 Å². The molecule has 0 aromatic carbocycles. The van der Waals surface area contributed by atoms with Gasteiger partial charge >= 0.3 is 0 Å². The molecule has 5 nitrogen and oxygen atoms in total. The van der Waals surface area contributed by atoms with Crippen LogP contribution in [0.2, 0.25) is 0 Å². The van der Waals surface area contributed by atoms with E-state index in [-0.39, 0.29) is 6.04 Å². The van der Waals surface area contributed by atoms with E-state index in [4.69, 9.17) is 9.41 Å². The highest BCUT2D eigenvalue weighted by Crippen LogP contribution is 2.37. The minimum absolute atomic E-state index is 0.185. The van der Waals surface area contributed by atoms with Crippen molar-refractivity contribution in [3.63, 3.8) is 0 Å². The quantitative estimate of drug-likeness (QED) is 0.591. The molecule has 1 aromatic heterocycles. The smallest absolute Gasteiger partial charge is 0.191 e. The predicted octanol–water partition coefficient (Wildman–Crippen LogP) is 2.72. The standard InChI is InChI=1S/C17H30N4OS/c1-5-18-16(20-13-17(2)9-7-11-23-17)19-12-14(21(3)4)15-8-6-10-22-15/h6,8,10,14H,5,7,9,11-13H2,1-4H3,(H2,18,19,20). The molecule has 1 aliphatic rings. The molecular formula is C17H30N4OS. The van der Waals surface area contributed by atoms with Crippen LogP contribution < -0.4 is 10.6 Å². The maximum Gasteiger partial charge on any atom is 0.191 e. The van der Waals surface area contributed by atoms with Crippen LogP contribution in [0.3, 0.4) is 0 Å². The monoisotopic (exact) mass is 338 g/mol. The van der Waals surface area contributed by atoms with Crippen molar-refractivity contribution in [2.45, 2.75) is 37.5 Å². The maximum atomic E-state index is 5.56. The summed E-state index contributed by atoms with van der Waals surface area (Å²) in [6.45, 7) is 6.90. The summed E-state index contributed by atoms with van der Waals surface area (Å²) in [5.41, 5.74) is 0. The van der Waals surface area contributed by atoms with Crippen molar-refractivity contribution in [2.24, 2.45) is 4.99 Å². The minimum atomic E-state index is 0.185. The molecule has 0 spiro atoms. The zero-order valence-electron chi connectivity index (χ0n) is 14.8. The van der Waals surface area contributed by atoms with Crippen LogP contribution in [0.15, 0.2) is 27.8 Å². The highest BCUT2D eigenvalue weighted by atomic mass is 32.2. The van der Waals surface area contributed by atoms with E-state index in [0.29, 0.717) is 4.75 Å². The number of furan rings is 1. The Labute approximate surface area is 144 Å².